The normalized spacial score (nSPS) is 11.6. The van der Waals surface area contributed by atoms with Gasteiger partial charge in [-0.1, -0.05) is 26.2 Å². The predicted octanol–water partition coefficient (Wildman–Crippen LogP) is 2.87. The van der Waals surface area contributed by atoms with E-state index in [1.54, 1.807) is 0 Å². The molecule has 0 spiro atoms. The van der Waals surface area contributed by atoms with Crippen molar-refractivity contribution in [2.75, 3.05) is 6.61 Å². The van der Waals surface area contributed by atoms with Crippen LogP contribution in [0.4, 0.5) is 5.69 Å². The lowest BCUT2D eigenvalue weighted by Crippen LogP contribution is -2.36. The van der Waals surface area contributed by atoms with E-state index in [0.717, 1.165) is 31.7 Å². The molecule has 0 saturated heterocycles. The van der Waals surface area contributed by atoms with Crippen LogP contribution >= 0.6 is 0 Å². The van der Waals surface area contributed by atoms with Crippen molar-refractivity contribution in [3.63, 3.8) is 0 Å². The topological polar surface area (TPSA) is 98.5 Å². The molecule has 1 atom stereocenters. The first-order valence-corrected chi connectivity index (χ1v) is 7.63. The van der Waals surface area contributed by atoms with E-state index in [1.807, 2.05) is 6.92 Å². The van der Waals surface area contributed by atoms with Gasteiger partial charge in [0.25, 0.3) is 11.6 Å². The average Bonchev–Trinajstić information content (AvgIpc) is 2.52. The number of aldehydes is 1. The van der Waals surface area contributed by atoms with Crippen molar-refractivity contribution in [1.29, 1.82) is 0 Å². The first kappa shape index (κ1) is 18.6. The lowest BCUT2D eigenvalue weighted by atomic mass is 10.1. The predicted molar refractivity (Wildman–Crippen MR) is 85.7 cm³/mol. The second-order valence-corrected chi connectivity index (χ2v) is 5.35. The summed E-state index contributed by atoms with van der Waals surface area (Å²) in [4.78, 5) is 32.8. The van der Waals surface area contributed by atoms with Gasteiger partial charge in [-0.2, -0.15) is 0 Å². The monoisotopic (exact) mass is 322 g/mol. The number of benzene rings is 1. The van der Waals surface area contributed by atoms with Crippen LogP contribution in [-0.2, 0) is 4.79 Å². The van der Waals surface area contributed by atoms with Crippen LogP contribution in [0.3, 0.4) is 0 Å². The molecule has 7 heteroatoms. The van der Waals surface area contributed by atoms with E-state index in [9.17, 15) is 19.7 Å². The number of nitrogens with one attached hydrogen (secondary N) is 1. The summed E-state index contributed by atoms with van der Waals surface area (Å²) in [5.74, 6) is -0.136. The number of carbonyl (C=O) groups excluding carboxylic acids is 2. The third kappa shape index (κ3) is 6.46. The van der Waals surface area contributed by atoms with Crippen molar-refractivity contribution in [3.05, 3.63) is 33.9 Å². The van der Waals surface area contributed by atoms with E-state index >= 15 is 0 Å². The Balaban J connectivity index is 2.52. The molecule has 0 aliphatic heterocycles. The summed E-state index contributed by atoms with van der Waals surface area (Å²) in [6.45, 7) is 3.80. The number of amides is 1. The maximum absolute atomic E-state index is 11.8. The summed E-state index contributed by atoms with van der Waals surface area (Å²) in [7, 11) is 0. The van der Waals surface area contributed by atoms with Crippen molar-refractivity contribution in [3.8, 4) is 5.75 Å². The minimum Gasteiger partial charge on any atom is -0.483 e. The number of carbonyl (C=O) groups is 2. The fourth-order valence-corrected chi connectivity index (χ4v) is 2.11. The number of nitro groups is 1. The number of ether oxygens (including phenoxy) is 1. The van der Waals surface area contributed by atoms with Gasteiger partial charge >= 0.3 is 0 Å². The van der Waals surface area contributed by atoms with Crippen LogP contribution in [0.25, 0.3) is 0 Å². The molecule has 0 aromatic heterocycles. The molecular weight excluding hydrogens is 300 g/mol. The van der Waals surface area contributed by atoms with Gasteiger partial charge < -0.3 is 10.1 Å². The van der Waals surface area contributed by atoms with E-state index in [4.69, 9.17) is 4.74 Å². The van der Waals surface area contributed by atoms with Gasteiger partial charge in [-0.15, -0.1) is 0 Å². The first-order valence-electron chi connectivity index (χ1n) is 7.63. The number of unbranched alkanes of at least 4 members (excludes halogenated alkanes) is 2. The Hall–Kier alpha value is -2.44. The van der Waals surface area contributed by atoms with Crippen molar-refractivity contribution in [1.82, 2.24) is 5.32 Å². The van der Waals surface area contributed by atoms with Crippen molar-refractivity contribution < 1.29 is 19.2 Å². The van der Waals surface area contributed by atoms with Crippen LogP contribution in [0.1, 0.15) is 49.9 Å². The van der Waals surface area contributed by atoms with E-state index in [0.29, 0.717) is 6.29 Å². The molecule has 1 aromatic rings. The summed E-state index contributed by atoms with van der Waals surface area (Å²) in [6, 6.07) is 3.72. The first-order chi connectivity index (χ1) is 11.0. The SMILES string of the molecule is CCCCC[C@H](C)NC(=O)COc1ccc([N+](=O)[O-])cc1C=O. The number of rotatable bonds is 10. The lowest BCUT2D eigenvalue weighted by Gasteiger charge is -2.14. The summed E-state index contributed by atoms with van der Waals surface area (Å²) in [5, 5.41) is 13.5. The summed E-state index contributed by atoms with van der Waals surface area (Å²) >= 11 is 0. The van der Waals surface area contributed by atoms with Gasteiger partial charge in [0.1, 0.15) is 5.75 Å². The second kappa shape index (κ2) is 9.55. The molecule has 0 aliphatic rings. The molecule has 0 heterocycles. The van der Waals surface area contributed by atoms with E-state index < -0.39 is 4.92 Å². The van der Waals surface area contributed by atoms with Gasteiger partial charge in [0.05, 0.1) is 10.5 Å². The minimum atomic E-state index is -0.596. The third-order valence-electron chi connectivity index (χ3n) is 3.34. The van der Waals surface area contributed by atoms with Gasteiger partial charge in [-0.05, 0) is 19.4 Å². The molecule has 0 saturated carbocycles. The number of hydrogen-bond acceptors (Lipinski definition) is 5. The zero-order valence-electron chi connectivity index (χ0n) is 13.4. The Labute approximate surface area is 135 Å². The molecule has 23 heavy (non-hydrogen) atoms. The van der Waals surface area contributed by atoms with E-state index in [-0.39, 0.29) is 35.6 Å². The van der Waals surface area contributed by atoms with Gasteiger partial charge in [-0.3, -0.25) is 19.7 Å². The summed E-state index contributed by atoms with van der Waals surface area (Å²) < 4.78 is 5.29. The van der Waals surface area contributed by atoms with E-state index in [1.165, 1.54) is 12.1 Å². The summed E-state index contributed by atoms with van der Waals surface area (Å²) in [5.41, 5.74) is -0.156. The fraction of sp³-hybridized carbons (Fsp3) is 0.500. The highest BCUT2D eigenvalue weighted by atomic mass is 16.6. The highest BCUT2D eigenvalue weighted by Crippen LogP contribution is 2.22. The average molecular weight is 322 g/mol. The van der Waals surface area contributed by atoms with Crippen molar-refractivity contribution in [2.24, 2.45) is 0 Å². The molecule has 0 aliphatic carbocycles. The number of non-ortho nitro benzene ring substituents is 1. The Bertz CT molecular complexity index is 559. The smallest absolute Gasteiger partial charge is 0.270 e. The van der Waals surface area contributed by atoms with E-state index in [2.05, 4.69) is 12.2 Å². The van der Waals surface area contributed by atoms with Gasteiger partial charge in [0.2, 0.25) is 0 Å². The van der Waals surface area contributed by atoms with Crippen LogP contribution in [0.15, 0.2) is 18.2 Å². The fourth-order valence-electron chi connectivity index (χ4n) is 2.11. The summed E-state index contributed by atoms with van der Waals surface area (Å²) in [6.07, 6.45) is 4.67. The van der Waals surface area contributed by atoms with Gasteiger partial charge in [-0.25, -0.2) is 0 Å². The number of hydrogen-bond donors (Lipinski definition) is 1. The third-order valence-corrected chi connectivity index (χ3v) is 3.34. The molecule has 0 unspecified atom stereocenters. The zero-order chi connectivity index (χ0) is 17.2. The molecule has 126 valence electrons. The van der Waals surface area contributed by atoms with Crippen LogP contribution in [0.5, 0.6) is 5.75 Å². The standard InChI is InChI=1S/C16H22N2O5/c1-3-4-5-6-12(2)17-16(20)11-23-15-8-7-14(18(21)22)9-13(15)10-19/h7-10,12H,3-6,11H2,1-2H3,(H,17,20)/t12-/m0/s1. The minimum absolute atomic E-state index is 0.0444. The second-order valence-electron chi connectivity index (χ2n) is 5.35. The lowest BCUT2D eigenvalue weighted by molar-refractivity contribution is -0.384. The molecule has 1 aromatic carbocycles. The van der Waals surface area contributed by atoms with Crippen LogP contribution in [0, 0.1) is 10.1 Å². The maximum Gasteiger partial charge on any atom is 0.270 e. The molecule has 0 bridgehead atoms. The molecule has 7 nitrogen and oxygen atoms in total. The molecule has 1 amide bonds. The number of nitro benzene ring substituents is 1. The largest absolute Gasteiger partial charge is 0.483 e. The van der Waals surface area contributed by atoms with Gasteiger partial charge in [0, 0.05) is 18.2 Å². The Kier molecular flexibility index (Phi) is 7.73. The molecule has 0 radical (unpaired) electrons. The van der Waals surface area contributed by atoms with Crippen LogP contribution in [-0.4, -0.2) is 29.8 Å². The van der Waals surface area contributed by atoms with Crippen molar-refractivity contribution in [2.45, 2.75) is 45.6 Å². The Morgan fingerprint density at radius 1 is 1.43 bits per heavy atom. The maximum atomic E-state index is 11.8. The zero-order valence-corrected chi connectivity index (χ0v) is 13.4. The number of nitrogens with zero attached hydrogens (tertiary/aromatic N) is 1. The van der Waals surface area contributed by atoms with Crippen molar-refractivity contribution >= 4 is 17.9 Å². The van der Waals surface area contributed by atoms with Gasteiger partial charge in [0.15, 0.2) is 12.9 Å². The molecule has 1 rings (SSSR count). The Morgan fingerprint density at radius 3 is 2.78 bits per heavy atom. The highest BCUT2D eigenvalue weighted by Gasteiger charge is 2.13. The van der Waals surface area contributed by atoms with Crippen LogP contribution in [0.2, 0.25) is 0 Å². The molecule has 1 N–H and O–H groups in total. The quantitative estimate of drug-likeness (QED) is 0.309. The highest BCUT2D eigenvalue weighted by molar-refractivity contribution is 5.82. The Morgan fingerprint density at radius 2 is 2.17 bits per heavy atom. The molecule has 0 fully saturated rings. The molecular formula is C16H22N2O5. The van der Waals surface area contributed by atoms with Crippen LogP contribution < -0.4 is 10.1 Å².